The molecule has 38 heavy (non-hydrogen) atoms. The summed E-state index contributed by atoms with van der Waals surface area (Å²) in [6.45, 7) is 0.383. The molecule has 1 fully saturated rings. The highest BCUT2D eigenvalue weighted by Gasteiger charge is 2.35. The molecule has 190 valence electrons. The van der Waals surface area contributed by atoms with E-state index in [1.54, 1.807) is 24.3 Å². The number of fused-ring (bicyclic) bond motifs is 1. The van der Waals surface area contributed by atoms with Gasteiger partial charge in [0.15, 0.2) is 5.11 Å². The van der Waals surface area contributed by atoms with Crippen molar-refractivity contribution >= 4 is 113 Å². The van der Waals surface area contributed by atoms with Gasteiger partial charge in [0.25, 0.3) is 11.8 Å². The van der Waals surface area contributed by atoms with Gasteiger partial charge in [-0.2, -0.15) is 0 Å². The van der Waals surface area contributed by atoms with E-state index in [1.807, 2.05) is 24.3 Å². The van der Waals surface area contributed by atoms with Gasteiger partial charge in [-0.1, -0.05) is 65.7 Å². The van der Waals surface area contributed by atoms with Gasteiger partial charge in [-0.25, -0.2) is 0 Å². The maximum atomic E-state index is 13.4. The summed E-state index contributed by atoms with van der Waals surface area (Å²) in [5.74, 6) is -0.545. The Hall–Kier alpha value is -2.50. The first-order chi connectivity index (χ1) is 18.2. The van der Waals surface area contributed by atoms with Crippen LogP contribution in [0.5, 0.6) is 5.75 Å². The zero-order valence-corrected chi connectivity index (χ0v) is 25.4. The number of amides is 2. The van der Waals surface area contributed by atoms with Crippen LogP contribution in [0, 0.1) is 3.57 Å². The van der Waals surface area contributed by atoms with Gasteiger partial charge in [-0.15, -0.1) is 0 Å². The molecule has 0 unspecified atom stereocenters. The molecule has 0 spiro atoms. The van der Waals surface area contributed by atoms with E-state index in [4.69, 9.17) is 40.2 Å². The minimum Gasteiger partial charge on any atom is -0.487 e. The zero-order chi connectivity index (χ0) is 27.0. The molecule has 1 saturated heterocycles. The third-order valence-corrected chi connectivity index (χ3v) is 8.29. The van der Waals surface area contributed by atoms with Gasteiger partial charge in [0, 0.05) is 0 Å². The molecule has 1 N–H and O–H groups in total. The van der Waals surface area contributed by atoms with Crippen LogP contribution in [-0.2, 0) is 16.2 Å². The molecule has 0 saturated carbocycles. The van der Waals surface area contributed by atoms with Gasteiger partial charge >= 0.3 is 0 Å². The summed E-state index contributed by atoms with van der Waals surface area (Å²) in [5, 5.41) is 5.22. The number of rotatable bonds is 5. The molecular formula is C28H16BrCl2IN2O3S. The normalized spacial score (nSPS) is 14.8. The maximum Gasteiger partial charge on any atom is 0.270 e. The van der Waals surface area contributed by atoms with Crippen molar-refractivity contribution in [2.45, 2.75) is 6.61 Å². The highest BCUT2D eigenvalue weighted by molar-refractivity contribution is 14.1. The smallest absolute Gasteiger partial charge is 0.270 e. The molecule has 5 rings (SSSR count). The minimum atomic E-state index is -0.606. The fourth-order valence-corrected chi connectivity index (χ4v) is 6.42. The van der Waals surface area contributed by atoms with E-state index in [2.05, 4.69) is 68.1 Å². The Labute approximate surface area is 256 Å². The van der Waals surface area contributed by atoms with Crippen molar-refractivity contribution in [1.82, 2.24) is 5.32 Å². The topological polar surface area (TPSA) is 58.6 Å². The largest absolute Gasteiger partial charge is 0.487 e. The van der Waals surface area contributed by atoms with Gasteiger partial charge in [0.05, 0.1) is 23.8 Å². The van der Waals surface area contributed by atoms with Crippen LogP contribution in [-0.4, -0.2) is 16.9 Å². The maximum absolute atomic E-state index is 13.4. The van der Waals surface area contributed by atoms with E-state index >= 15 is 0 Å². The average Bonchev–Trinajstić information content (AvgIpc) is 2.88. The molecule has 10 heteroatoms. The fourth-order valence-electron chi connectivity index (χ4n) is 3.99. The number of ether oxygens (including phenoxy) is 1. The SMILES string of the molecule is O=C1NC(=S)N(c2cccc(Cl)c2Cl)C(=O)/C1=C/c1cc(Br)c(OCc2ccc3ccccc3c2)c(I)c1. The van der Waals surface area contributed by atoms with E-state index < -0.39 is 11.8 Å². The predicted octanol–water partition coefficient (Wildman–Crippen LogP) is 7.92. The summed E-state index contributed by atoms with van der Waals surface area (Å²) >= 11 is 23.5. The van der Waals surface area contributed by atoms with Crippen molar-refractivity contribution in [3.63, 3.8) is 0 Å². The number of halogens is 4. The van der Waals surface area contributed by atoms with Crippen LogP contribution < -0.4 is 15.0 Å². The van der Waals surface area contributed by atoms with E-state index in [0.717, 1.165) is 19.4 Å². The second-order valence-corrected chi connectivity index (χ2v) is 11.5. The third kappa shape index (κ3) is 5.46. The van der Waals surface area contributed by atoms with Crippen molar-refractivity contribution in [3.8, 4) is 5.75 Å². The summed E-state index contributed by atoms with van der Waals surface area (Å²) in [6, 6.07) is 22.8. The summed E-state index contributed by atoms with van der Waals surface area (Å²) < 4.78 is 7.62. The van der Waals surface area contributed by atoms with Crippen molar-refractivity contribution < 1.29 is 14.3 Å². The van der Waals surface area contributed by atoms with Crippen LogP contribution in [0.4, 0.5) is 5.69 Å². The number of nitrogens with one attached hydrogen (secondary N) is 1. The van der Waals surface area contributed by atoms with Gasteiger partial charge < -0.3 is 4.74 Å². The van der Waals surface area contributed by atoms with Crippen molar-refractivity contribution in [2.75, 3.05) is 4.90 Å². The number of anilines is 1. The first-order valence-electron chi connectivity index (χ1n) is 11.2. The molecule has 5 nitrogen and oxygen atoms in total. The lowest BCUT2D eigenvalue weighted by atomic mass is 10.1. The molecule has 4 aromatic carbocycles. The van der Waals surface area contributed by atoms with E-state index in [0.29, 0.717) is 22.4 Å². The van der Waals surface area contributed by atoms with Gasteiger partial charge in [0.1, 0.15) is 17.9 Å². The molecule has 1 aliphatic heterocycles. The van der Waals surface area contributed by atoms with E-state index in [9.17, 15) is 9.59 Å². The van der Waals surface area contributed by atoms with E-state index in [1.165, 1.54) is 11.5 Å². The number of hydrogen-bond donors (Lipinski definition) is 1. The summed E-state index contributed by atoms with van der Waals surface area (Å²) in [7, 11) is 0. The highest BCUT2D eigenvalue weighted by Crippen LogP contribution is 2.36. The number of carbonyl (C=O) groups excluding carboxylic acids is 2. The Morgan fingerprint density at radius 1 is 1.00 bits per heavy atom. The minimum absolute atomic E-state index is 0.0745. The Balaban J connectivity index is 1.41. The molecule has 0 aliphatic carbocycles. The average molecular weight is 738 g/mol. The molecule has 1 aliphatic rings. The third-order valence-electron chi connectivity index (χ3n) is 5.80. The second-order valence-electron chi connectivity index (χ2n) is 8.31. The molecule has 2 amide bonds. The number of hydrogen-bond acceptors (Lipinski definition) is 4. The van der Waals surface area contributed by atoms with Crippen LogP contribution in [0.25, 0.3) is 16.8 Å². The quantitative estimate of drug-likeness (QED) is 0.0979. The number of carbonyl (C=O) groups is 2. The molecule has 0 bridgehead atoms. The van der Waals surface area contributed by atoms with Gasteiger partial charge in [0.2, 0.25) is 0 Å². The molecular weight excluding hydrogens is 722 g/mol. The Kier molecular flexibility index (Phi) is 8.06. The van der Waals surface area contributed by atoms with Crippen LogP contribution in [0.1, 0.15) is 11.1 Å². The lowest BCUT2D eigenvalue weighted by Gasteiger charge is -2.29. The molecule has 4 aromatic rings. The molecule has 1 heterocycles. The highest BCUT2D eigenvalue weighted by atomic mass is 127. The van der Waals surface area contributed by atoms with Crippen LogP contribution >= 0.6 is 73.9 Å². The van der Waals surface area contributed by atoms with Crippen molar-refractivity contribution in [1.29, 1.82) is 0 Å². The zero-order valence-electron chi connectivity index (χ0n) is 19.3. The summed E-state index contributed by atoms with van der Waals surface area (Å²) in [4.78, 5) is 27.3. The molecule has 0 atom stereocenters. The second kappa shape index (κ2) is 11.3. The first-order valence-corrected chi connectivity index (χ1v) is 14.2. The first kappa shape index (κ1) is 27.1. The lowest BCUT2D eigenvalue weighted by Crippen LogP contribution is -2.54. The Morgan fingerprint density at radius 2 is 1.76 bits per heavy atom. The monoisotopic (exact) mass is 736 g/mol. The van der Waals surface area contributed by atoms with Crippen molar-refractivity contribution in [3.05, 3.63) is 108 Å². The van der Waals surface area contributed by atoms with Gasteiger partial charge in [-0.05, 0) is 109 Å². The number of thiocarbonyl (C=S) groups is 1. The van der Waals surface area contributed by atoms with E-state index in [-0.39, 0.29) is 26.4 Å². The lowest BCUT2D eigenvalue weighted by molar-refractivity contribution is -0.122. The molecule has 0 radical (unpaired) electrons. The summed E-state index contributed by atoms with van der Waals surface area (Å²) in [5.41, 5.74) is 1.86. The number of benzene rings is 4. The summed E-state index contributed by atoms with van der Waals surface area (Å²) in [6.07, 6.45) is 1.50. The molecule has 0 aromatic heterocycles. The van der Waals surface area contributed by atoms with Crippen molar-refractivity contribution in [2.24, 2.45) is 0 Å². The Morgan fingerprint density at radius 3 is 2.53 bits per heavy atom. The predicted molar refractivity (Wildman–Crippen MR) is 168 cm³/mol. The van der Waals surface area contributed by atoms with Crippen LogP contribution in [0.2, 0.25) is 10.0 Å². The number of nitrogens with zero attached hydrogens (tertiary/aromatic N) is 1. The standard InChI is InChI=1S/C28H16BrCl2IN2O3S/c29-20-12-16(13-22(32)25(20)37-14-15-8-9-17-4-1-2-5-18(17)10-15)11-19-26(35)33-28(38)34(27(19)36)23-7-3-6-21(30)24(23)31/h1-13H,14H2,(H,33,35,38)/b19-11+. The van der Waals surface area contributed by atoms with Crippen LogP contribution in [0.3, 0.4) is 0 Å². The Bertz CT molecular complexity index is 1650. The fraction of sp³-hybridized carbons (Fsp3) is 0.0357. The van der Waals surface area contributed by atoms with Gasteiger partial charge in [-0.3, -0.25) is 19.8 Å². The van der Waals surface area contributed by atoms with Crippen LogP contribution in [0.15, 0.2) is 82.8 Å².